The molecule has 1 fully saturated rings. The first-order valence-electron chi connectivity index (χ1n) is 8.44. The zero-order chi connectivity index (χ0) is 18.5. The van der Waals surface area contributed by atoms with Gasteiger partial charge in [0.05, 0.1) is 36.2 Å². The summed E-state index contributed by atoms with van der Waals surface area (Å²) in [5.74, 6) is -0.267. The molecule has 2 aromatic rings. The number of carbonyl (C=O) groups excluding carboxylic acids is 1. The maximum absolute atomic E-state index is 12.4. The number of ether oxygens (including phenoxy) is 2. The Morgan fingerprint density at radius 2 is 2.35 bits per heavy atom. The molecule has 0 saturated carbocycles. The first kappa shape index (κ1) is 18.7. The van der Waals surface area contributed by atoms with Crippen LogP contribution in [0.5, 0.6) is 0 Å². The Balaban J connectivity index is 1.59. The molecule has 1 amide bonds. The molecule has 1 aliphatic rings. The number of aromatic nitrogens is 3. The van der Waals surface area contributed by atoms with Crippen LogP contribution >= 0.6 is 11.3 Å². The van der Waals surface area contributed by atoms with Gasteiger partial charge in [0.15, 0.2) is 0 Å². The number of aryl methyl sites for hydroxylation is 2. The maximum atomic E-state index is 12.4. The average Bonchev–Trinajstić information content (AvgIpc) is 3.12. The topological polar surface area (TPSA) is 95.3 Å². The molecule has 0 unspecified atom stereocenters. The van der Waals surface area contributed by atoms with Crippen LogP contribution in [-0.2, 0) is 27.4 Å². The molecule has 3 rings (SSSR count). The molecule has 8 nitrogen and oxygen atoms in total. The van der Waals surface area contributed by atoms with E-state index in [0.717, 1.165) is 17.0 Å². The molecule has 1 aliphatic heterocycles. The number of hydrogen-bond acceptors (Lipinski definition) is 7. The van der Waals surface area contributed by atoms with Gasteiger partial charge in [-0.3, -0.25) is 9.59 Å². The molecule has 26 heavy (non-hydrogen) atoms. The molecule has 2 atom stereocenters. The van der Waals surface area contributed by atoms with Crippen molar-refractivity contribution in [3.63, 3.8) is 0 Å². The van der Waals surface area contributed by atoms with Crippen molar-refractivity contribution < 1.29 is 14.3 Å². The van der Waals surface area contributed by atoms with E-state index in [1.165, 1.54) is 22.1 Å². The summed E-state index contributed by atoms with van der Waals surface area (Å²) < 4.78 is 12.5. The lowest BCUT2D eigenvalue weighted by molar-refractivity contribution is -0.127. The van der Waals surface area contributed by atoms with Crippen LogP contribution in [0.2, 0.25) is 0 Å². The van der Waals surface area contributed by atoms with E-state index in [-0.39, 0.29) is 30.2 Å². The summed E-state index contributed by atoms with van der Waals surface area (Å²) in [4.78, 5) is 28.6. The van der Waals surface area contributed by atoms with Crippen molar-refractivity contribution in [2.45, 2.75) is 45.6 Å². The molecule has 1 saturated heterocycles. The van der Waals surface area contributed by atoms with Gasteiger partial charge in [-0.2, -0.15) is 5.10 Å². The zero-order valence-electron chi connectivity index (χ0n) is 14.8. The van der Waals surface area contributed by atoms with E-state index >= 15 is 0 Å². The van der Waals surface area contributed by atoms with Crippen LogP contribution in [0.15, 0.2) is 21.8 Å². The molecular formula is C17H22N4O4S. The van der Waals surface area contributed by atoms with Crippen LogP contribution in [0.25, 0.3) is 0 Å². The normalized spacial score (nSPS) is 20.1. The van der Waals surface area contributed by atoms with Crippen molar-refractivity contribution in [2.24, 2.45) is 0 Å². The Labute approximate surface area is 155 Å². The van der Waals surface area contributed by atoms with Gasteiger partial charge in [0.2, 0.25) is 5.91 Å². The highest BCUT2D eigenvalue weighted by Crippen LogP contribution is 2.14. The van der Waals surface area contributed by atoms with Crippen LogP contribution in [0.1, 0.15) is 23.4 Å². The van der Waals surface area contributed by atoms with Crippen LogP contribution < -0.4 is 10.9 Å². The molecule has 140 valence electrons. The van der Waals surface area contributed by atoms with Crippen LogP contribution in [0, 0.1) is 13.8 Å². The molecule has 0 radical (unpaired) electrons. The third kappa shape index (κ3) is 4.75. The summed E-state index contributed by atoms with van der Waals surface area (Å²) in [5, 5.41) is 9.05. The van der Waals surface area contributed by atoms with Gasteiger partial charge >= 0.3 is 0 Å². The van der Waals surface area contributed by atoms with Gasteiger partial charge in [-0.1, -0.05) is 0 Å². The van der Waals surface area contributed by atoms with E-state index in [1.54, 1.807) is 5.51 Å². The highest BCUT2D eigenvalue weighted by molar-refractivity contribution is 7.07. The van der Waals surface area contributed by atoms with Crippen LogP contribution in [0.3, 0.4) is 0 Å². The molecule has 9 heteroatoms. The summed E-state index contributed by atoms with van der Waals surface area (Å²) in [6.45, 7) is 4.86. The van der Waals surface area contributed by atoms with Crippen LogP contribution in [-0.4, -0.2) is 46.0 Å². The molecule has 0 aromatic carbocycles. The second-order valence-electron chi connectivity index (χ2n) is 6.28. The fourth-order valence-electron chi connectivity index (χ4n) is 2.72. The minimum atomic E-state index is -0.286. The number of nitrogens with one attached hydrogen (secondary N) is 1. The second-order valence-corrected chi connectivity index (χ2v) is 6.99. The zero-order valence-corrected chi connectivity index (χ0v) is 15.6. The van der Waals surface area contributed by atoms with E-state index in [9.17, 15) is 9.59 Å². The lowest BCUT2D eigenvalue weighted by atomic mass is 10.1. The number of carbonyl (C=O) groups is 1. The quantitative estimate of drug-likeness (QED) is 0.799. The van der Waals surface area contributed by atoms with E-state index in [1.807, 2.05) is 19.2 Å². The number of thiazole rings is 1. The van der Waals surface area contributed by atoms with Gasteiger partial charge in [-0.25, -0.2) is 9.67 Å². The minimum absolute atomic E-state index is 0.115. The lowest BCUT2D eigenvalue weighted by Gasteiger charge is -2.32. The summed E-state index contributed by atoms with van der Waals surface area (Å²) in [6, 6.07) is 1.32. The third-order valence-corrected chi connectivity index (χ3v) is 4.94. The first-order chi connectivity index (χ1) is 12.5. The molecule has 0 bridgehead atoms. The maximum Gasteiger partial charge on any atom is 0.267 e. The average molecular weight is 378 g/mol. The fourth-order valence-corrected chi connectivity index (χ4v) is 3.26. The monoisotopic (exact) mass is 378 g/mol. The fraction of sp³-hybridized carbons (Fsp3) is 0.529. The number of nitrogens with zero attached hydrogens (tertiary/aromatic N) is 3. The Morgan fingerprint density at radius 1 is 1.50 bits per heavy atom. The van der Waals surface area contributed by atoms with Crippen molar-refractivity contribution in [3.8, 4) is 0 Å². The largest absolute Gasteiger partial charge is 0.379 e. The molecule has 2 aromatic heterocycles. The Kier molecular flexibility index (Phi) is 6.12. The Morgan fingerprint density at radius 3 is 3.12 bits per heavy atom. The van der Waals surface area contributed by atoms with E-state index in [0.29, 0.717) is 26.2 Å². The van der Waals surface area contributed by atoms with Crippen molar-refractivity contribution in [3.05, 3.63) is 44.3 Å². The predicted octanol–water partition coefficient (Wildman–Crippen LogP) is 0.807. The van der Waals surface area contributed by atoms with Gasteiger partial charge < -0.3 is 14.8 Å². The smallest absolute Gasteiger partial charge is 0.267 e. The number of rotatable bonds is 6. The van der Waals surface area contributed by atoms with Gasteiger partial charge in [0.1, 0.15) is 12.6 Å². The number of hydrogen-bond donors (Lipinski definition) is 1. The summed E-state index contributed by atoms with van der Waals surface area (Å²) >= 11 is 1.51. The Bertz CT molecular complexity index is 806. The predicted molar refractivity (Wildman–Crippen MR) is 96.0 cm³/mol. The van der Waals surface area contributed by atoms with Gasteiger partial charge in [-0.15, -0.1) is 11.3 Å². The minimum Gasteiger partial charge on any atom is -0.379 e. The van der Waals surface area contributed by atoms with Gasteiger partial charge in [0, 0.05) is 18.1 Å². The van der Waals surface area contributed by atoms with Gasteiger partial charge in [0.25, 0.3) is 5.56 Å². The molecule has 0 aliphatic carbocycles. The summed E-state index contributed by atoms with van der Waals surface area (Å²) in [6.07, 6.45) is 0.404. The van der Waals surface area contributed by atoms with Crippen molar-refractivity contribution in [2.75, 3.05) is 13.2 Å². The van der Waals surface area contributed by atoms with Crippen molar-refractivity contribution in [1.29, 1.82) is 0 Å². The standard InChI is InChI=1S/C17H22N4O4S/c1-11-5-17(23)21(20-12(11)2)6-16(22)19-14-3-4-24-8-15(14)25-7-13-9-26-10-18-13/h5,9-10,14-15H,3-4,6-8H2,1-2H3,(H,19,22)/t14-,15-/m1/s1. The van der Waals surface area contributed by atoms with Crippen molar-refractivity contribution in [1.82, 2.24) is 20.1 Å². The van der Waals surface area contributed by atoms with E-state index in [2.05, 4.69) is 15.4 Å². The van der Waals surface area contributed by atoms with Gasteiger partial charge in [-0.05, 0) is 25.8 Å². The molecular weight excluding hydrogens is 356 g/mol. The molecule has 1 N–H and O–H groups in total. The summed E-state index contributed by atoms with van der Waals surface area (Å²) in [5.41, 5.74) is 3.87. The summed E-state index contributed by atoms with van der Waals surface area (Å²) in [7, 11) is 0. The second kappa shape index (κ2) is 8.52. The van der Waals surface area contributed by atoms with Crippen molar-refractivity contribution >= 4 is 17.2 Å². The van der Waals surface area contributed by atoms with Crippen LogP contribution in [0.4, 0.5) is 0 Å². The van der Waals surface area contributed by atoms with E-state index < -0.39 is 0 Å². The van der Waals surface area contributed by atoms with E-state index in [4.69, 9.17) is 9.47 Å². The highest BCUT2D eigenvalue weighted by atomic mass is 32.1. The molecule has 3 heterocycles. The Hall–Kier alpha value is -2.10. The highest BCUT2D eigenvalue weighted by Gasteiger charge is 2.28. The molecule has 0 spiro atoms. The first-order valence-corrected chi connectivity index (χ1v) is 9.38. The SMILES string of the molecule is Cc1cc(=O)n(CC(=O)N[C@@H]2CCOC[C@H]2OCc2cscn2)nc1C. The third-order valence-electron chi connectivity index (χ3n) is 4.31. The number of amides is 1. The lowest BCUT2D eigenvalue weighted by Crippen LogP contribution is -2.51.